The maximum Gasteiger partial charge on any atom is 0.146 e. The van der Waals surface area contributed by atoms with Crippen LogP contribution in [0.15, 0.2) is 12.3 Å². The van der Waals surface area contributed by atoms with Crippen molar-refractivity contribution in [2.75, 3.05) is 0 Å². The van der Waals surface area contributed by atoms with Crippen LogP contribution in [0.4, 0.5) is 4.39 Å². The van der Waals surface area contributed by atoms with Gasteiger partial charge >= 0.3 is 0 Å². The highest BCUT2D eigenvalue weighted by molar-refractivity contribution is 6.30. The molecule has 0 N–H and O–H groups in total. The Kier molecular flexibility index (Phi) is 3.51. The fourth-order valence-corrected chi connectivity index (χ4v) is 1.24. The molecule has 4 heteroatoms. The first-order valence-corrected chi connectivity index (χ1v) is 4.79. The molecule has 0 aliphatic rings. The van der Waals surface area contributed by atoms with Gasteiger partial charge in [0.1, 0.15) is 5.82 Å². The number of rotatable bonds is 2. The van der Waals surface area contributed by atoms with Crippen molar-refractivity contribution in [1.29, 1.82) is 0 Å². The van der Waals surface area contributed by atoms with Gasteiger partial charge in [-0.2, -0.15) is 0 Å². The number of hydrogen-bond acceptors (Lipinski definition) is 1. The molecule has 0 fully saturated rings. The van der Waals surface area contributed by atoms with Gasteiger partial charge in [0.15, 0.2) is 0 Å². The highest BCUT2D eigenvalue weighted by Gasteiger charge is 2.17. The van der Waals surface area contributed by atoms with E-state index in [0.29, 0.717) is 10.7 Å². The van der Waals surface area contributed by atoms with Crippen LogP contribution in [-0.2, 0) is 0 Å². The average molecular weight is 222 g/mol. The lowest BCUT2D eigenvalue weighted by Crippen LogP contribution is -2.09. The Morgan fingerprint density at radius 2 is 2.08 bits per heavy atom. The molecular formula is C9H10Cl2FN. The molecule has 0 bridgehead atoms. The van der Waals surface area contributed by atoms with Crippen LogP contribution in [0.3, 0.4) is 0 Å². The summed E-state index contributed by atoms with van der Waals surface area (Å²) in [5.41, 5.74) is 0.368. The normalized spacial score (nSPS) is 15.5. The second kappa shape index (κ2) is 4.25. The Bertz CT molecular complexity index is 302. The summed E-state index contributed by atoms with van der Waals surface area (Å²) in [5, 5.41) is 0.152. The summed E-state index contributed by atoms with van der Waals surface area (Å²) in [6, 6.07) is 1.25. The minimum absolute atomic E-state index is 0.112. The van der Waals surface area contributed by atoms with E-state index in [0.717, 1.165) is 0 Å². The number of pyridine rings is 1. The van der Waals surface area contributed by atoms with Crippen LogP contribution in [-0.4, -0.2) is 10.4 Å². The number of alkyl halides is 1. The van der Waals surface area contributed by atoms with Crippen LogP contribution >= 0.6 is 23.2 Å². The molecule has 72 valence electrons. The molecule has 0 saturated heterocycles. The second-order valence-electron chi connectivity index (χ2n) is 2.99. The molecule has 0 aliphatic heterocycles. The molecule has 1 heterocycles. The van der Waals surface area contributed by atoms with Crippen molar-refractivity contribution in [3.8, 4) is 0 Å². The van der Waals surface area contributed by atoms with E-state index in [1.807, 2.05) is 13.8 Å². The molecule has 0 amide bonds. The van der Waals surface area contributed by atoms with Crippen LogP contribution in [0.2, 0.25) is 5.02 Å². The molecule has 0 aliphatic carbocycles. The lowest BCUT2D eigenvalue weighted by atomic mass is 10.0. The molecule has 1 aromatic rings. The highest BCUT2D eigenvalue weighted by atomic mass is 35.5. The lowest BCUT2D eigenvalue weighted by Gasteiger charge is -2.13. The van der Waals surface area contributed by atoms with Gasteiger partial charge in [-0.3, -0.25) is 4.98 Å². The maximum atomic E-state index is 13.3. The smallest absolute Gasteiger partial charge is 0.146 e. The van der Waals surface area contributed by atoms with Crippen LogP contribution in [0.5, 0.6) is 0 Å². The summed E-state index contributed by atoms with van der Waals surface area (Å²) in [6.07, 6.45) is 1.43. The standard InChI is InChI=1S/C9H10Cl2FN/c1-5(6(2)10)9-8(12)3-7(11)4-13-9/h3-6H,1-2H3. The summed E-state index contributed by atoms with van der Waals surface area (Å²) in [5.74, 6) is -0.508. The van der Waals surface area contributed by atoms with Gasteiger partial charge < -0.3 is 0 Å². The van der Waals surface area contributed by atoms with Gasteiger partial charge in [-0.05, 0) is 13.0 Å². The number of aromatic nitrogens is 1. The van der Waals surface area contributed by atoms with Crippen molar-refractivity contribution in [1.82, 2.24) is 4.98 Å². The van der Waals surface area contributed by atoms with Crippen molar-refractivity contribution in [2.45, 2.75) is 25.1 Å². The molecular weight excluding hydrogens is 212 g/mol. The highest BCUT2D eigenvalue weighted by Crippen LogP contribution is 2.24. The van der Waals surface area contributed by atoms with Crippen LogP contribution in [0, 0.1) is 5.82 Å². The summed E-state index contributed by atoms with van der Waals surface area (Å²) in [7, 11) is 0. The lowest BCUT2D eigenvalue weighted by molar-refractivity contribution is 0.570. The van der Waals surface area contributed by atoms with E-state index in [-0.39, 0.29) is 11.3 Å². The monoisotopic (exact) mass is 221 g/mol. The van der Waals surface area contributed by atoms with Crippen molar-refractivity contribution >= 4 is 23.2 Å². The Balaban J connectivity index is 3.01. The average Bonchev–Trinajstić information content (AvgIpc) is 2.03. The predicted octanol–water partition coefficient (Wildman–Crippen LogP) is 3.60. The van der Waals surface area contributed by atoms with E-state index in [4.69, 9.17) is 23.2 Å². The first-order valence-electron chi connectivity index (χ1n) is 3.97. The zero-order chi connectivity index (χ0) is 10.0. The van der Waals surface area contributed by atoms with Crippen molar-refractivity contribution in [2.24, 2.45) is 0 Å². The van der Waals surface area contributed by atoms with Gasteiger partial charge in [-0.1, -0.05) is 18.5 Å². The Labute approximate surface area is 86.9 Å². The second-order valence-corrected chi connectivity index (χ2v) is 4.11. The summed E-state index contributed by atoms with van der Waals surface area (Å²) in [4.78, 5) is 3.91. The van der Waals surface area contributed by atoms with E-state index in [1.165, 1.54) is 12.3 Å². The molecule has 0 saturated carbocycles. The van der Waals surface area contributed by atoms with Gasteiger partial charge in [0.25, 0.3) is 0 Å². The molecule has 0 spiro atoms. The third-order valence-electron chi connectivity index (χ3n) is 1.96. The van der Waals surface area contributed by atoms with E-state index >= 15 is 0 Å². The molecule has 1 nitrogen and oxygen atoms in total. The summed E-state index contributed by atoms with van der Waals surface area (Å²) in [6.45, 7) is 3.64. The van der Waals surface area contributed by atoms with Crippen LogP contribution < -0.4 is 0 Å². The van der Waals surface area contributed by atoms with E-state index in [2.05, 4.69) is 4.98 Å². The zero-order valence-electron chi connectivity index (χ0n) is 7.39. The zero-order valence-corrected chi connectivity index (χ0v) is 8.90. The SMILES string of the molecule is CC(Cl)C(C)c1ncc(Cl)cc1F. The number of hydrogen-bond donors (Lipinski definition) is 0. The Morgan fingerprint density at radius 3 is 2.54 bits per heavy atom. The van der Waals surface area contributed by atoms with E-state index in [9.17, 15) is 4.39 Å². The largest absolute Gasteiger partial charge is 0.256 e. The van der Waals surface area contributed by atoms with E-state index < -0.39 is 5.82 Å². The van der Waals surface area contributed by atoms with Gasteiger partial charge in [0.2, 0.25) is 0 Å². The summed E-state index contributed by atoms with van der Waals surface area (Å²) < 4.78 is 13.3. The quantitative estimate of drug-likeness (QED) is 0.696. The molecule has 0 aromatic carbocycles. The van der Waals surface area contributed by atoms with Crippen molar-refractivity contribution < 1.29 is 4.39 Å². The molecule has 2 unspecified atom stereocenters. The molecule has 0 radical (unpaired) electrons. The predicted molar refractivity (Wildman–Crippen MR) is 52.9 cm³/mol. The minimum atomic E-state index is -0.396. The van der Waals surface area contributed by atoms with E-state index in [1.54, 1.807) is 0 Å². The number of halogens is 3. The van der Waals surface area contributed by atoms with Crippen molar-refractivity contribution in [3.05, 3.63) is 28.8 Å². The van der Waals surface area contributed by atoms with Gasteiger partial charge in [-0.15, -0.1) is 11.6 Å². The van der Waals surface area contributed by atoms with Crippen LogP contribution in [0.1, 0.15) is 25.5 Å². The molecule has 13 heavy (non-hydrogen) atoms. The third-order valence-corrected chi connectivity index (χ3v) is 2.54. The maximum absolute atomic E-state index is 13.3. The Morgan fingerprint density at radius 1 is 1.46 bits per heavy atom. The fourth-order valence-electron chi connectivity index (χ4n) is 0.978. The molecule has 1 aromatic heterocycles. The first-order chi connectivity index (χ1) is 6.02. The third kappa shape index (κ3) is 2.55. The topological polar surface area (TPSA) is 12.9 Å². The Hall–Kier alpha value is -0.340. The van der Waals surface area contributed by atoms with Crippen molar-refractivity contribution in [3.63, 3.8) is 0 Å². The summed E-state index contributed by atoms with van der Waals surface area (Å²) >= 11 is 11.4. The van der Waals surface area contributed by atoms with Crippen LogP contribution in [0.25, 0.3) is 0 Å². The minimum Gasteiger partial charge on any atom is -0.256 e. The van der Waals surface area contributed by atoms with Gasteiger partial charge in [-0.25, -0.2) is 4.39 Å². The molecule has 2 atom stereocenters. The number of nitrogens with zero attached hydrogens (tertiary/aromatic N) is 1. The fraction of sp³-hybridized carbons (Fsp3) is 0.444. The van der Waals surface area contributed by atoms with Gasteiger partial charge in [0, 0.05) is 17.5 Å². The first kappa shape index (κ1) is 10.7. The van der Waals surface area contributed by atoms with Gasteiger partial charge in [0.05, 0.1) is 10.7 Å². The molecule has 1 rings (SSSR count).